The maximum atomic E-state index is 5.43. The van der Waals surface area contributed by atoms with E-state index in [1.165, 1.54) is 45.3 Å². The lowest BCUT2D eigenvalue weighted by Crippen LogP contribution is -2.44. The third kappa shape index (κ3) is 4.50. The van der Waals surface area contributed by atoms with E-state index in [1.807, 2.05) is 7.05 Å². The molecule has 0 saturated carbocycles. The molecule has 2 aliphatic rings. The molecule has 18 heavy (non-hydrogen) atoms. The molecule has 0 radical (unpaired) electrons. The molecule has 1 N–H and O–H groups in total. The summed E-state index contributed by atoms with van der Waals surface area (Å²) >= 11 is 0. The monoisotopic (exact) mass is 255 g/mol. The highest BCUT2D eigenvalue weighted by Gasteiger charge is 2.27. The lowest BCUT2D eigenvalue weighted by Gasteiger charge is -2.32. The molecule has 2 rings (SSSR count). The van der Waals surface area contributed by atoms with Crippen LogP contribution in [0.3, 0.4) is 0 Å². The van der Waals surface area contributed by atoms with Crippen molar-refractivity contribution in [3.8, 4) is 0 Å². The van der Waals surface area contributed by atoms with E-state index >= 15 is 0 Å². The molecular weight excluding hydrogens is 226 g/mol. The van der Waals surface area contributed by atoms with Gasteiger partial charge in [0.25, 0.3) is 0 Å². The lowest BCUT2D eigenvalue weighted by atomic mass is 10.2. The molecule has 0 aromatic heterocycles. The average Bonchev–Trinajstić information content (AvgIpc) is 2.88. The van der Waals surface area contributed by atoms with E-state index < -0.39 is 0 Å². The quantitative estimate of drug-likeness (QED) is 0.681. The Morgan fingerprint density at radius 3 is 2.72 bits per heavy atom. The van der Waals surface area contributed by atoms with Crippen molar-refractivity contribution >= 4 is 0 Å². The molecule has 4 heteroatoms. The van der Waals surface area contributed by atoms with Crippen LogP contribution in [-0.4, -0.2) is 75.4 Å². The number of unbranched alkanes of at least 4 members (excludes halogenated alkanes) is 2. The third-order valence-electron chi connectivity index (χ3n) is 4.21. The maximum absolute atomic E-state index is 5.43. The Balaban J connectivity index is 1.56. The first-order chi connectivity index (χ1) is 8.90. The van der Waals surface area contributed by atoms with E-state index in [9.17, 15) is 0 Å². The van der Waals surface area contributed by atoms with Gasteiger partial charge in [-0.15, -0.1) is 0 Å². The summed E-state index contributed by atoms with van der Waals surface area (Å²) in [6.45, 7) is 9.18. The zero-order valence-corrected chi connectivity index (χ0v) is 11.9. The molecule has 0 bridgehead atoms. The van der Waals surface area contributed by atoms with Gasteiger partial charge in [-0.2, -0.15) is 0 Å². The standard InChI is InChI=1S/C14H29N3O/c1-15-6-3-2-4-7-16-8-5-14(13-16)17-9-11-18-12-10-17/h14-15H,2-13H2,1H3. The van der Waals surface area contributed by atoms with Crippen LogP contribution in [0.5, 0.6) is 0 Å². The highest BCUT2D eigenvalue weighted by atomic mass is 16.5. The van der Waals surface area contributed by atoms with Crippen LogP contribution in [0, 0.1) is 0 Å². The molecule has 0 aromatic rings. The molecule has 0 amide bonds. The molecule has 0 aliphatic carbocycles. The fourth-order valence-electron chi connectivity index (χ4n) is 3.07. The minimum Gasteiger partial charge on any atom is -0.379 e. The van der Waals surface area contributed by atoms with Gasteiger partial charge in [0.05, 0.1) is 13.2 Å². The van der Waals surface area contributed by atoms with Crippen molar-refractivity contribution in [2.45, 2.75) is 31.7 Å². The minimum atomic E-state index is 0.797. The topological polar surface area (TPSA) is 27.7 Å². The molecule has 2 saturated heterocycles. The normalized spacial score (nSPS) is 26.8. The predicted octanol–water partition coefficient (Wildman–Crippen LogP) is 0.783. The highest BCUT2D eigenvalue weighted by molar-refractivity contribution is 4.84. The fraction of sp³-hybridized carbons (Fsp3) is 1.00. The molecule has 4 nitrogen and oxygen atoms in total. The number of ether oxygens (including phenoxy) is 1. The van der Waals surface area contributed by atoms with Crippen molar-refractivity contribution in [1.82, 2.24) is 15.1 Å². The second-order valence-electron chi connectivity index (χ2n) is 5.56. The number of nitrogens with zero attached hydrogens (tertiary/aromatic N) is 2. The summed E-state index contributed by atoms with van der Waals surface area (Å²) in [6.07, 6.45) is 5.39. The van der Waals surface area contributed by atoms with E-state index in [2.05, 4.69) is 15.1 Å². The van der Waals surface area contributed by atoms with E-state index in [-0.39, 0.29) is 0 Å². The molecule has 1 unspecified atom stereocenters. The summed E-state index contributed by atoms with van der Waals surface area (Å²) in [7, 11) is 2.04. The number of hydrogen-bond acceptors (Lipinski definition) is 4. The zero-order valence-electron chi connectivity index (χ0n) is 11.9. The van der Waals surface area contributed by atoms with Crippen LogP contribution in [0.2, 0.25) is 0 Å². The largest absolute Gasteiger partial charge is 0.379 e. The Morgan fingerprint density at radius 1 is 1.11 bits per heavy atom. The molecular formula is C14H29N3O. The Kier molecular flexibility index (Phi) is 6.41. The summed E-state index contributed by atoms with van der Waals surface area (Å²) in [6, 6.07) is 0.797. The Morgan fingerprint density at radius 2 is 1.94 bits per heavy atom. The Bertz CT molecular complexity index is 219. The first-order valence-electron chi connectivity index (χ1n) is 7.59. The Hall–Kier alpha value is -0.160. The number of morpholine rings is 1. The highest BCUT2D eigenvalue weighted by Crippen LogP contribution is 2.17. The first kappa shape index (κ1) is 14.3. The van der Waals surface area contributed by atoms with Crippen LogP contribution in [0.25, 0.3) is 0 Å². The molecule has 106 valence electrons. The summed E-state index contributed by atoms with van der Waals surface area (Å²) in [5.41, 5.74) is 0. The van der Waals surface area contributed by atoms with Crippen molar-refractivity contribution in [3.63, 3.8) is 0 Å². The van der Waals surface area contributed by atoms with E-state index in [1.54, 1.807) is 0 Å². The number of nitrogens with one attached hydrogen (secondary N) is 1. The molecule has 0 spiro atoms. The summed E-state index contributed by atoms with van der Waals surface area (Å²) < 4.78 is 5.43. The van der Waals surface area contributed by atoms with Crippen LogP contribution in [0.1, 0.15) is 25.7 Å². The number of rotatable bonds is 7. The van der Waals surface area contributed by atoms with Crippen molar-refractivity contribution < 1.29 is 4.74 Å². The van der Waals surface area contributed by atoms with Gasteiger partial charge in [-0.25, -0.2) is 0 Å². The van der Waals surface area contributed by atoms with Crippen molar-refractivity contribution in [1.29, 1.82) is 0 Å². The van der Waals surface area contributed by atoms with Gasteiger partial charge in [0.2, 0.25) is 0 Å². The summed E-state index contributed by atoms with van der Waals surface area (Å²) in [4.78, 5) is 5.28. The van der Waals surface area contributed by atoms with Crippen LogP contribution in [0.4, 0.5) is 0 Å². The summed E-state index contributed by atoms with van der Waals surface area (Å²) in [5, 5.41) is 3.21. The van der Waals surface area contributed by atoms with Gasteiger partial charge in [-0.05, 0) is 45.9 Å². The predicted molar refractivity (Wildman–Crippen MR) is 75.0 cm³/mol. The van der Waals surface area contributed by atoms with Gasteiger partial charge >= 0.3 is 0 Å². The lowest BCUT2D eigenvalue weighted by molar-refractivity contribution is 0.0185. The van der Waals surface area contributed by atoms with Gasteiger partial charge in [0, 0.05) is 25.7 Å². The minimum absolute atomic E-state index is 0.797. The second-order valence-corrected chi connectivity index (χ2v) is 5.56. The first-order valence-corrected chi connectivity index (χ1v) is 7.59. The van der Waals surface area contributed by atoms with Crippen LogP contribution in [0.15, 0.2) is 0 Å². The van der Waals surface area contributed by atoms with Crippen molar-refractivity contribution in [2.24, 2.45) is 0 Å². The van der Waals surface area contributed by atoms with Crippen LogP contribution in [-0.2, 0) is 4.74 Å². The average molecular weight is 255 g/mol. The molecule has 2 aliphatic heterocycles. The van der Waals surface area contributed by atoms with Gasteiger partial charge < -0.3 is 15.0 Å². The molecule has 0 aromatic carbocycles. The van der Waals surface area contributed by atoms with Gasteiger partial charge in [0.1, 0.15) is 0 Å². The van der Waals surface area contributed by atoms with Crippen LogP contribution < -0.4 is 5.32 Å². The zero-order chi connectivity index (χ0) is 12.6. The third-order valence-corrected chi connectivity index (χ3v) is 4.21. The van der Waals surface area contributed by atoms with Gasteiger partial charge in [-0.3, -0.25) is 4.90 Å². The molecule has 2 fully saturated rings. The van der Waals surface area contributed by atoms with Gasteiger partial charge in [-0.1, -0.05) is 6.42 Å². The van der Waals surface area contributed by atoms with Crippen molar-refractivity contribution in [3.05, 3.63) is 0 Å². The number of hydrogen-bond donors (Lipinski definition) is 1. The van der Waals surface area contributed by atoms with E-state index in [4.69, 9.17) is 4.74 Å². The number of likely N-dealkylation sites (tertiary alicyclic amines) is 1. The van der Waals surface area contributed by atoms with E-state index in [0.29, 0.717) is 0 Å². The van der Waals surface area contributed by atoms with E-state index in [0.717, 1.165) is 38.9 Å². The maximum Gasteiger partial charge on any atom is 0.0594 e. The Labute approximate surface area is 112 Å². The fourth-order valence-corrected chi connectivity index (χ4v) is 3.07. The molecule has 1 atom stereocenters. The summed E-state index contributed by atoms with van der Waals surface area (Å²) in [5.74, 6) is 0. The smallest absolute Gasteiger partial charge is 0.0594 e. The van der Waals surface area contributed by atoms with Crippen LogP contribution >= 0.6 is 0 Å². The van der Waals surface area contributed by atoms with Crippen molar-refractivity contribution in [2.75, 3.05) is 59.5 Å². The SMILES string of the molecule is CNCCCCCN1CCC(N2CCOCC2)C1. The van der Waals surface area contributed by atoms with Gasteiger partial charge in [0.15, 0.2) is 0 Å². The molecule has 2 heterocycles. The second kappa shape index (κ2) is 8.10.